The molecule has 0 bridgehead atoms. The van der Waals surface area contributed by atoms with Crippen molar-refractivity contribution in [3.63, 3.8) is 0 Å². The van der Waals surface area contributed by atoms with Crippen LogP contribution in [0.4, 0.5) is 0 Å². The van der Waals surface area contributed by atoms with Gasteiger partial charge in [0.05, 0.1) is 10.6 Å². The van der Waals surface area contributed by atoms with Crippen LogP contribution in [0.5, 0.6) is 0 Å². The number of nitrogens with one attached hydrogen (secondary N) is 3. The fourth-order valence-electron chi connectivity index (χ4n) is 1.15. The van der Waals surface area contributed by atoms with Crippen LogP contribution in [0, 0.1) is 6.92 Å². The first-order valence-corrected chi connectivity index (χ1v) is 7.16. The van der Waals surface area contributed by atoms with Crippen LogP contribution in [-0.4, -0.2) is 32.7 Å². The largest absolute Gasteiger partial charge is 0.279 e. The van der Waals surface area contributed by atoms with E-state index >= 15 is 0 Å². The second-order valence-corrected chi connectivity index (χ2v) is 5.36. The number of thioether (sulfide) groups is 1. The summed E-state index contributed by atoms with van der Waals surface area (Å²) in [5, 5.41) is 8.85. The van der Waals surface area contributed by atoms with Gasteiger partial charge in [0.15, 0.2) is 0 Å². The number of aromatic amines is 1. The van der Waals surface area contributed by atoms with Crippen molar-refractivity contribution < 1.29 is 9.59 Å². The van der Waals surface area contributed by atoms with Crippen LogP contribution in [-0.2, 0) is 4.79 Å². The first-order valence-electron chi connectivity index (χ1n) is 5.29. The summed E-state index contributed by atoms with van der Waals surface area (Å²) in [4.78, 5) is 27.6. The predicted molar refractivity (Wildman–Crippen MR) is 71.8 cm³/mol. The van der Waals surface area contributed by atoms with Crippen molar-refractivity contribution >= 4 is 34.9 Å². The van der Waals surface area contributed by atoms with Gasteiger partial charge in [0, 0.05) is 0 Å². The Balaban J connectivity index is 1.71. The summed E-state index contributed by atoms with van der Waals surface area (Å²) in [6.45, 7) is 1.78. The van der Waals surface area contributed by atoms with E-state index in [-0.39, 0.29) is 17.6 Å². The second-order valence-electron chi connectivity index (χ2n) is 3.47. The van der Waals surface area contributed by atoms with E-state index < -0.39 is 0 Å². The van der Waals surface area contributed by atoms with E-state index in [4.69, 9.17) is 0 Å². The lowest BCUT2D eigenvalue weighted by Crippen LogP contribution is -2.42. The molecule has 3 N–H and O–H groups in total. The molecule has 0 saturated heterocycles. The maximum Gasteiger partial charge on any atom is 0.279 e. The van der Waals surface area contributed by atoms with Crippen molar-refractivity contribution in [1.82, 2.24) is 26.0 Å². The van der Waals surface area contributed by atoms with Gasteiger partial charge < -0.3 is 0 Å². The van der Waals surface area contributed by atoms with Gasteiger partial charge in [0.2, 0.25) is 11.1 Å². The number of carbonyl (C=O) groups is 2. The Hall–Kier alpha value is -1.87. The maximum atomic E-state index is 11.5. The topological polar surface area (TPSA) is 99.8 Å². The van der Waals surface area contributed by atoms with E-state index in [0.29, 0.717) is 15.9 Å². The molecule has 2 amide bonds. The molecule has 9 heteroatoms. The Morgan fingerprint density at radius 1 is 1.47 bits per heavy atom. The quantitative estimate of drug-likeness (QED) is 0.570. The lowest BCUT2D eigenvalue weighted by Gasteiger charge is -2.04. The molecule has 0 spiro atoms. The highest BCUT2D eigenvalue weighted by Gasteiger charge is 2.09. The van der Waals surface area contributed by atoms with E-state index in [0.717, 1.165) is 0 Å². The third kappa shape index (κ3) is 4.07. The zero-order valence-electron chi connectivity index (χ0n) is 9.97. The number of hydrogen-bond donors (Lipinski definition) is 3. The van der Waals surface area contributed by atoms with Gasteiger partial charge in [-0.25, -0.2) is 4.98 Å². The molecule has 0 atom stereocenters. The monoisotopic (exact) mass is 297 g/mol. The summed E-state index contributed by atoms with van der Waals surface area (Å²) in [7, 11) is 0. The van der Waals surface area contributed by atoms with Crippen molar-refractivity contribution in [3.8, 4) is 0 Å². The molecule has 100 valence electrons. The van der Waals surface area contributed by atoms with Crippen molar-refractivity contribution in [1.29, 1.82) is 0 Å². The van der Waals surface area contributed by atoms with Gasteiger partial charge in [0.1, 0.15) is 5.82 Å². The summed E-state index contributed by atoms with van der Waals surface area (Å²) >= 11 is 2.49. The number of thiophene rings is 1. The Bertz CT molecular complexity index is 566. The van der Waals surface area contributed by atoms with Crippen LogP contribution in [0.1, 0.15) is 15.5 Å². The predicted octanol–water partition coefficient (Wildman–Crippen LogP) is 0.728. The Morgan fingerprint density at radius 3 is 2.95 bits per heavy atom. The average Bonchev–Trinajstić information content (AvgIpc) is 3.04. The van der Waals surface area contributed by atoms with Crippen molar-refractivity contribution in [3.05, 3.63) is 28.2 Å². The van der Waals surface area contributed by atoms with E-state index in [1.54, 1.807) is 24.4 Å². The number of nitrogens with zero attached hydrogens (tertiary/aromatic N) is 2. The number of rotatable bonds is 4. The summed E-state index contributed by atoms with van der Waals surface area (Å²) in [5.74, 6) is 0.163. The number of hydrazine groups is 1. The molecule has 2 rings (SSSR count). The molecule has 0 radical (unpaired) electrons. The number of aryl methyl sites for hydroxylation is 1. The van der Waals surface area contributed by atoms with Crippen LogP contribution in [0.15, 0.2) is 22.7 Å². The highest BCUT2D eigenvalue weighted by atomic mass is 32.2. The van der Waals surface area contributed by atoms with Crippen LogP contribution in [0.25, 0.3) is 0 Å². The SMILES string of the molecule is Cc1nc(SCC(=O)NNC(=O)c2cccs2)n[nH]1. The summed E-state index contributed by atoms with van der Waals surface area (Å²) in [6.07, 6.45) is 0. The van der Waals surface area contributed by atoms with Crippen molar-refractivity contribution in [2.45, 2.75) is 12.1 Å². The van der Waals surface area contributed by atoms with E-state index in [1.807, 2.05) is 0 Å². The normalized spacial score (nSPS) is 10.2. The molecule has 0 aliphatic carbocycles. The summed E-state index contributed by atoms with van der Waals surface area (Å²) in [6, 6.07) is 3.44. The molecule has 0 unspecified atom stereocenters. The first kappa shape index (κ1) is 13.6. The molecule has 0 aliphatic heterocycles. The number of aromatic nitrogens is 3. The smallest absolute Gasteiger partial charge is 0.272 e. The minimum atomic E-state index is -0.331. The third-order valence-electron chi connectivity index (χ3n) is 1.97. The molecular weight excluding hydrogens is 286 g/mol. The van der Waals surface area contributed by atoms with E-state index in [9.17, 15) is 9.59 Å². The second kappa shape index (κ2) is 6.34. The van der Waals surface area contributed by atoms with Crippen LogP contribution in [0.3, 0.4) is 0 Å². The summed E-state index contributed by atoms with van der Waals surface area (Å²) < 4.78 is 0. The summed E-state index contributed by atoms with van der Waals surface area (Å²) in [5.41, 5.74) is 4.67. The average molecular weight is 297 g/mol. The van der Waals surface area contributed by atoms with Crippen molar-refractivity contribution in [2.75, 3.05) is 5.75 Å². The van der Waals surface area contributed by atoms with Gasteiger partial charge >= 0.3 is 0 Å². The fourth-order valence-corrected chi connectivity index (χ4v) is 2.41. The van der Waals surface area contributed by atoms with E-state index in [1.165, 1.54) is 23.1 Å². The molecule has 7 nitrogen and oxygen atoms in total. The Morgan fingerprint density at radius 2 is 2.32 bits per heavy atom. The minimum absolute atomic E-state index is 0.127. The van der Waals surface area contributed by atoms with Crippen LogP contribution >= 0.6 is 23.1 Å². The molecule has 2 heterocycles. The zero-order valence-corrected chi connectivity index (χ0v) is 11.6. The molecule has 0 saturated carbocycles. The van der Waals surface area contributed by atoms with Gasteiger partial charge in [-0.2, -0.15) is 0 Å². The lowest BCUT2D eigenvalue weighted by atomic mass is 10.4. The molecule has 2 aromatic rings. The highest BCUT2D eigenvalue weighted by molar-refractivity contribution is 7.99. The third-order valence-corrected chi connectivity index (χ3v) is 3.69. The number of carbonyl (C=O) groups excluding carboxylic acids is 2. The molecule has 0 aromatic carbocycles. The highest BCUT2D eigenvalue weighted by Crippen LogP contribution is 2.11. The molecule has 2 aromatic heterocycles. The zero-order chi connectivity index (χ0) is 13.7. The molecule has 0 fully saturated rings. The molecular formula is C10H11N5O2S2. The molecule has 19 heavy (non-hydrogen) atoms. The lowest BCUT2D eigenvalue weighted by molar-refractivity contribution is -0.119. The Kier molecular flexibility index (Phi) is 4.53. The number of hydrogen-bond acceptors (Lipinski definition) is 6. The van der Waals surface area contributed by atoms with Crippen LogP contribution < -0.4 is 10.9 Å². The van der Waals surface area contributed by atoms with Gasteiger partial charge in [-0.1, -0.05) is 17.8 Å². The fraction of sp³-hybridized carbons (Fsp3) is 0.200. The van der Waals surface area contributed by atoms with Crippen molar-refractivity contribution in [2.24, 2.45) is 0 Å². The number of amides is 2. The number of H-pyrrole nitrogens is 1. The first-order chi connectivity index (χ1) is 9.15. The maximum absolute atomic E-state index is 11.5. The van der Waals surface area contributed by atoms with Gasteiger partial charge in [-0.05, 0) is 18.4 Å². The Labute approximate surface area is 117 Å². The van der Waals surface area contributed by atoms with Gasteiger partial charge in [-0.3, -0.25) is 25.5 Å². The minimum Gasteiger partial charge on any atom is -0.272 e. The van der Waals surface area contributed by atoms with Gasteiger partial charge in [0.25, 0.3) is 5.91 Å². The van der Waals surface area contributed by atoms with Crippen LogP contribution in [0.2, 0.25) is 0 Å². The molecule has 0 aliphatic rings. The van der Waals surface area contributed by atoms with E-state index in [2.05, 4.69) is 26.0 Å². The van der Waals surface area contributed by atoms with Gasteiger partial charge in [-0.15, -0.1) is 16.4 Å². The standard InChI is InChI=1S/C10H11N5O2S2/c1-6-11-10(15-12-6)19-5-8(16)13-14-9(17)7-3-2-4-18-7/h2-4H,5H2,1H3,(H,13,16)(H,14,17)(H,11,12,15).